The van der Waals surface area contributed by atoms with Gasteiger partial charge in [-0.05, 0) is 13.0 Å². The van der Waals surface area contributed by atoms with Crippen LogP contribution >= 0.6 is 0 Å². The Morgan fingerprint density at radius 2 is 1.52 bits per heavy atom. The van der Waals surface area contributed by atoms with Gasteiger partial charge in [0.05, 0.1) is 19.5 Å². The molecule has 0 aromatic carbocycles. The second-order valence-electron chi connectivity index (χ2n) is 8.48. The van der Waals surface area contributed by atoms with E-state index >= 15 is 0 Å². The summed E-state index contributed by atoms with van der Waals surface area (Å²) in [5.74, 6) is 0.0291. The minimum atomic E-state index is -0.386. The van der Waals surface area contributed by atoms with Gasteiger partial charge in [0.25, 0.3) is 5.56 Å². The molecule has 0 aliphatic heterocycles. The maximum atomic E-state index is 11.4. The number of H-pyrrole nitrogens is 1. The van der Waals surface area contributed by atoms with Crippen molar-refractivity contribution in [2.24, 2.45) is 5.73 Å². The lowest BCUT2D eigenvalue weighted by atomic mass is 10.0. The number of aromatic amines is 1. The molecule has 0 aliphatic carbocycles. The van der Waals surface area contributed by atoms with E-state index in [9.17, 15) is 4.79 Å². The van der Waals surface area contributed by atoms with Gasteiger partial charge in [-0.2, -0.15) is 4.98 Å². The summed E-state index contributed by atoms with van der Waals surface area (Å²) in [6.45, 7) is 3.46. The van der Waals surface area contributed by atoms with Gasteiger partial charge in [0.2, 0.25) is 5.95 Å². The molecule has 0 radical (unpaired) electrons. The molecule has 0 unspecified atom stereocenters. The van der Waals surface area contributed by atoms with Crippen molar-refractivity contribution < 1.29 is 9.84 Å². The van der Waals surface area contributed by atoms with E-state index in [0.29, 0.717) is 5.65 Å². The van der Waals surface area contributed by atoms with Crippen molar-refractivity contribution in [3.05, 3.63) is 16.7 Å². The average molecular weight is 467 g/mol. The summed E-state index contributed by atoms with van der Waals surface area (Å²) >= 11 is 0. The number of rotatable bonds is 18. The van der Waals surface area contributed by atoms with Gasteiger partial charge in [0.15, 0.2) is 11.2 Å². The average Bonchev–Trinajstić information content (AvgIpc) is 3.21. The van der Waals surface area contributed by atoms with Crippen LogP contribution in [0.4, 0.5) is 5.95 Å². The lowest BCUT2D eigenvalue weighted by Crippen LogP contribution is -2.13. The minimum absolute atomic E-state index is 0.0291. The third-order valence-electron chi connectivity index (χ3n) is 5.52. The first kappa shape index (κ1) is 29.1. The Morgan fingerprint density at radius 3 is 2.03 bits per heavy atom. The SMILES string of the molecule is CCCCCCCCCCCCCCCCN.Nc1nc2c(ncn2COCCO)c(=O)[nH]1. The molecule has 0 spiro atoms. The highest BCUT2D eigenvalue weighted by atomic mass is 16.5. The number of nitrogen functional groups attached to an aromatic ring is 1. The van der Waals surface area contributed by atoms with Crippen LogP contribution in [0, 0.1) is 0 Å². The van der Waals surface area contributed by atoms with Gasteiger partial charge in [-0.15, -0.1) is 0 Å². The molecule has 0 saturated carbocycles. The number of imidazole rings is 1. The van der Waals surface area contributed by atoms with E-state index in [1.54, 1.807) is 0 Å². The lowest BCUT2D eigenvalue weighted by molar-refractivity contribution is 0.0499. The number of aliphatic hydroxyl groups excluding tert-OH is 1. The number of hydrogen-bond acceptors (Lipinski definition) is 7. The summed E-state index contributed by atoms with van der Waals surface area (Å²) in [4.78, 5) is 21.6. The molecule has 33 heavy (non-hydrogen) atoms. The maximum absolute atomic E-state index is 11.4. The van der Waals surface area contributed by atoms with Gasteiger partial charge < -0.3 is 21.3 Å². The number of nitrogens with two attached hydrogens (primary N) is 2. The van der Waals surface area contributed by atoms with Crippen LogP contribution in [0.5, 0.6) is 0 Å². The van der Waals surface area contributed by atoms with Crippen molar-refractivity contribution in [3.63, 3.8) is 0 Å². The molecule has 9 heteroatoms. The van der Waals surface area contributed by atoms with Crippen molar-refractivity contribution in [1.82, 2.24) is 19.5 Å². The molecule has 0 amide bonds. The number of nitrogens with zero attached hydrogens (tertiary/aromatic N) is 3. The zero-order valence-corrected chi connectivity index (χ0v) is 20.6. The molecule has 2 aromatic rings. The highest BCUT2D eigenvalue weighted by molar-refractivity contribution is 5.70. The molecule has 2 aromatic heterocycles. The Hall–Kier alpha value is -1.97. The van der Waals surface area contributed by atoms with Crippen LogP contribution in [-0.4, -0.2) is 44.4 Å². The van der Waals surface area contributed by atoms with E-state index in [1.165, 1.54) is 101 Å². The van der Waals surface area contributed by atoms with Crippen molar-refractivity contribution >= 4 is 17.1 Å². The summed E-state index contributed by atoms with van der Waals surface area (Å²) in [7, 11) is 0. The van der Waals surface area contributed by atoms with Crippen molar-refractivity contribution in [3.8, 4) is 0 Å². The molecule has 2 heterocycles. The molecule has 0 fully saturated rings. The number of fused-ring (bicyclic) bond motifs is 1. The Bertz CT molecular complexity index is 763. The van der Waals surface area contributed by atoms with Crippen LogP contribution in [0.1, 0.15) is 96.8 Å². The number of hydrogen-bond donors (Lipinski definition) is 4. The Balaban J connectivity index is 0.000000330. The number of ether oxygens (including phenoxy) is 1. The van der Waals surface area contributed by atoms with E-state index in [0.717, 1.165) is 6.54 Å². The van der Waals surface area contributed by atoms with E-state index in [4.69, 9.17) is 21.3 Å². The first-order valence-electron chi connectivity index (χ1n) is 12.7. The molecule has 0 atom stereocenters. The van der Waals surface area contributed by atoms with Crippen LogP contribution < -0.4 is 17.0 Å². The highest BCUT2D eigenvalue weighted by Crippen LogP contribution is 2.12. The normalized spacial score (nSPS) is 11.0. The largest absolute Gasteiger partial charge is 0.394 e. The molecular weight excluding hydrogens is 420 g/mol. The zero-order chi connectivity index (χ0) is 24.2. The van der Waals surface area contributed by atoms with Crippen LogP contribution in [0.15, 0.2) is 11.1 Å². The number of aromatic nitrogens is 4. The van der Waals surface area contributed by atoms with Crippen LogP contribution in [0.3, 0.4) is 0 Å². The molecule has 190 valence electrons. The van der Waals surface area contributed by atoms with Gasteiger partial charge in [0, 0.05) is 0 Å². The van der Waals surface area contributed by atoms with Crippen molar-refractivity contribution in [2.45, 2.75) is 104 Å². The highest BCUT2D eigenvalue weighted by Gasteiger charge is 2.08. The monoisotopic (exact) mass is 466 g/mol. The summed E-state index contributed by atoms with van der Waals surface area (Å²) in [5, 5.41) is 8.56. The van der Waals surface area contributed by atoms with Crippen LogP contribution in [-0.2, 0) is 11.5 Å². The van der Waals surface area contributed by atoms with Gasteiger partial charge >= 0.3 is 0 Å². The summed E-state index contributed by atoms with van der Waals surface area (Å²) < 4.78 is 6.63. The second kappa shape index (κ2) is 19.5. The van der Waals surface area contributed by atoms with Crippen LogP contribution in [0.2, 0.25) is 0 Å². The first-order chi connectivity index (χ1) is 16.1. The van der Waals surface area contributed by atoms with E-state index in [1.807, 2.05) is 0 Å². The molecule has 9 nitrogen and oxygen atoms in total. The summed E-state index contributed by atoms with van der Waals surface area (Å²) in [6, 6.07) is 0. The Kier molecular flexibility index (Phi) is 17.2. The van der Waals surface area contributed by atoms with Crippen molar-refractivity contribution in [1.29, 1.82) is 0 Å². The van der Waals surface area contributed by atoms with Gasteiger partial charge in [-0.1, -0.05) is 90.4 Å². The number of unbranched alkanes of at least 4 members (excludes halogenated alkanes) is 13. The quantitative estimate of drug-likeness (QED) is 0.242. The summed E-state index contributed by atoms with van der Waals surface area (Å²) in [6.07, 6.45) is 21.3. The summed E-state index contributed by atoms with van der Waals surface area (Å²) in [5.41, 5.74) is 11.1. The predicted molar refractivity (Wildman–Crippen MR) is 135 cm³/mol. The lowest BCUT2D eigenvalue weighted by Gasteiger charge is -2.03. The van der Waals surface area contributed by atoms with Crippen LogP contribution in [0.25, 0.3) is 11.2 Å². The zero-order valence-electron chi connectivity index (χ0n) is 20.6. The fourth-order valence-corrected chi connectivity index (χ4v) is 3.63. The molecule has 0 aliphatic rings. The van der Waals surface area contributed by atoms with Crippen molar-refractivity contribution in [2.75, 3.05) is 25.5 Å². The number of aliphatic hydroxyl groups is 1. The van der Waals surface area contributed by atoms with Gasteiger partial charge in [-0.3, -0.25) is 14.3 Å². The van der Waals surface area contributed by atoms with E-state index < -0.39 is 0 Å². The molecule has 2 rings (SSSR count). The molecule has 6 N–H and O–H groups in total. The first-order valence-corrected chi connectivity index (χ1v) is 12.7. The Labute approximate surface area is 198 Å². The third kappa shape index (κ3) is 13.4. The fourth-order valence-electron chi connectivity index (χ4n) is 3.63. The molecular formula is C24H46N6O3. The molecule has 0 bridgehead atoms. The maximum Gasteiger partial charge on any atom is 0.280 e. The topological polar surface area (TPSA) is 145 Å². The number of nitrogens with one attached hydrogen (secondary N) is 1. The smallest absolute Gasteiger partial charge is 0.280 e. The standard InChI is InChI=1S/C16H35N.C8H11N5O3/c1-2-3-4-5-6-7-8-9-10-11-12-13-14-15-16-17;9-8-11-6-5(7(15)12-8)10-3-13(6)4-16-2-1-14/h2-17H2,1H3;3,14H,1-2,4H2,(H3,9,11,12,15). The molecule has 0 saturated heterocycles. The van der Waals surface area contributed by atoms with E-state index in [2.05, 4.69) is 21.9 Å². The second-order valence-corrected chi connectivity index (χ2v) is 8.48. The predicted octanol–water partition coefficient (Wildman–Crippen LogP) is 4.09. The van der Waals surface area contributed by atoms with Gasteiger partial charge in [0.1, 0.15) is 6.73 Å². The Morgan fingerprint density at radius 1 is 0.970 bits per heavy atom. The third-order valence-corrected chi connectivity index (χ3v) is 5.52. The fraction of sp³-hybridized carbons (Fsp3) is 0.792. The van der Waals surface area contributed by atoms with E-state index in [-0.39, 0.29) is 37.0 Å². The minimum Gasteiger partial charge on any atom is -0.394 e. The number of anilines is 1. The van der Waals surface area contributed by atoms with Gasteiger partial charge in [-0.25, -0.2) is 4.98 Å².